The lowest BCUT2D eigenvalue weighted by Gasteiger charge is -2.41. The Morgan fingerprint density at radius 2 is 2.22 bits per heavy atom. The van der Waals surface area contributed by atoms with Crippen molar-refractivity contribution in [2.24, 2.45) is 5.41 Å². The molecule has 0 aliphatic heterocycles. The van der Waals surface area contributed by atoms with E-state index in [1.165, 1.54) is 31.7 Å². The molecule has 1 saturated carbocycles. The summed E-state index contributed by atoms with van der Waals surface area (Å²) >= 11 is 6.08. The van der Waals surface area contributed by atoms with Crippen LogP contribution in [-0.2, 0) is 0 Å². The number of hydrogen-bond acceptors (Lipinski definition) is 2. The Hall–Kier alpha value is -1.22. The zero-order valence-electron chi connectivity index (χ0n) is 10.5. The van der Waals surface area contributed by atoms with Gasteiger partial charge in [0.05, 0.1) is 16.3 Å². The second kappa shape index (κ2) is 5.19. The highest BCUT2D eigenvalue weighted by Crippen LogP contribution is 2.44. The van der Waals surface area contributed by atoms with E-state index in [2.05, 4.69) is 12.2 Å². The number of halogens is 1. The molecule has 18 heavy (non-hydrogen) atoms. The van der Waals surface area contributed by atoms with E-state index in [1.54, 1.807) is 12.1 Å². The molecule has 98 valence electrons. The quantitative estimate of drug-likeness (QED) is 0.847. The summed E-state index contributed by atoms with van der Waals surface area (Å²) in [6.07, 6.45) is 5.01. The van der Waals surface area contributed by atoms with Crippen LogP contribution >= 0.6 is 11.6 Å². The normalized spacial score (nSPS) is 17.0. The minimum absolute atomic E-state index is 0.222. The minimum Gasteiger partial charge on any atom is -0.478 e. The third-order valence-electron chi connectivity index (χ3n) is 4.03. The van der Waals surface area contributed by atoms with E-state index in [-0.39, 0.29) is 5.56 Å². The lowest BCUT2D eigenvalue weighted by molar-refractivity contribution is 0.0697. The lowest BCUT2D eigenvalue weighted by atomic mass is 9.67. The van der Waals surface area contributed by atoms with E-state index in [0.717, 1.165) is 12.2 Å². The van der Waals surface area contributed by atoms with Crippen molar-refractivity contribution in [3.63, 3.8) is 0 Å². The molecule has 0 radical (unpaired) electrons. The second-order valence-corrected chi connectivity index (χ2v) is 5.47. The summed E-state index contributed by atoms with van der Waals surface area (Å²) in [7, 11) is 0. The van der Waals surface area contributed by atoms with Crippen LogP contribution in [0.4, 0.5) is 5.69 Å². The van der Waals surface area contributed by atoms with Gasteiger partial charge < -0.3 is 10.4 Å². The highest BCUT2D eigenvalue weighted by Gasteiger charge is 2.34. The van der Waals surface area contributed by atoms with Gasteiger partial charge in [0.25, 0.3) is 0 Å². The average Bonchev–Trinajstić information content (AvgIpc) is 2.29. The van der Waals surface area contributed by atoms with Gasteiger partial charge in [0.1, 0.15) is 0 Å². The van der Waals surface area contributed by atoms with Crippen molar-refractivity contribution in [3.05, 3.63) is 28.8 Å². The van der Waals surface area contributed by atoms with Gasteiger partial charge in [-0.05, 0) is 42.9 Å². The van der Waals surface area contributed by atoms with Crippen molar-refractivity contribution < 1.29 is 9.90 Å². The molecule has 4 heteroatoms. The number of anilines is 1. The van der Waals surface area contributed by atoms with E-state index in [1.807, 2.05) is 0 Å². The van der Waals surface area contributed by atoms with Crippen LogP contribution in [0.1, 0.15) is 43.0 Å². The maximum Gasteiger partial charge on any atom is 0.335 e. The molecule has 0 amide bonds. The molecule has 0 spiro atoms. The molecule has 0 heterocycles. The highest BCUT2D eigenvalue weighted by molar-refractivity contribution is 6.33. The van der Waals surface area contributed by atoms with Gasteiger partial charge >= 0.3 is 5.97 Å². The largest absolute Gasteiger partial charge is 0.478 e. The summed E-state index contributed by atoms with van der Waals surface area (Å²) in [6.45, 7) is 3.13. The van der Waals surface area contributed by atoms with Crippen LogP contribution < -0.4 is 5.32 Å². The Kier molecular flexibility index (Phi) is 3.81. The maximum atomic E-state index is 10.8. The first-order chi connectivity index (χ1) is 8.56. The molecule has 1 aromatic rings. The average molecular weight is 268 g/mol. The monoisotopic (exact) mass is 267 g/mol. The van der Waals surface area contributed by atoms with Crippen molar-refractivity contribution in [3.8, 4) is 0 Å². The molecule has 0 unspecified atom stereocenters. The van der Waals surface area contributed by atoms with E-state index >= 15 is 0 Å². The number of carboxylic acids is 1. The minimum atomic E-state index is -0.951. The van der Waals surface area contributed by atoms with Gasteiger partial charge in [0.15, 0.2) is 0 Å². The van der Waals surface area contributed by atoms with Gasteiger partial charge in [-0.3, -0.25) is 0 Å². The Labute approximate surface area is 112 Å². The Morgan fingerprint density at radius 1 is 1.50 bits per heavy atom. The van der Waals surface area contributed by atoms with E-state index in [0.29, 0.717) is 10.4 Å². The molecule has 0 bridgehead atoms. The Balaban J connectivity index is 2.03. The van der Waals surface area contributed by atoms with Gasteiger partial charge in [-0.15, -0.1) is 0 Å². The van der Waals surface area contributed by atoms with Gasteiger partial charge in [0, 0.05) is 6.54 Å². The first-order valence-electron chi connectivity index (χ1n) is 6.33. The van der Waals surface area contributed by atoms with Crippen LogP contribution in [0.15, 0.2) is 18.2 Å². The molecule has 0 atom stereocenters. The molecule has 1 fully saturated rings. The SMILES string of the molecule is CCC1(CNc2ccc(C(=O)O)cc2Cl)CCC1. The fourth-order valence-corrected chi connectivity index (χ4v) is 2.65. The summed E-state index contributed by atoms with van der Waals surface area (Å²) in [6, 6.07) is 4.81. The molecular weight excluding hydrogens is 250 g/mol. The van der Waals surface area contributed by atoms with Crippen LogP contribution in [0.3, 0.4) is 0 Å². The van der Waals surface area contributed by atoms with Gasteiger partial charge in [-0.2, -0.15) is 0 Å². The molecule has 1 aromatic carbocycles. The first-order valence-corrected chi connectivity index (χ1v) is 6.71. The van der Waals surface area contributed by atoms with Crippen molar-refractivity contribution >= 4 is 23.3 Å². The van der Waals surface area contributed by atoms with Crippen LogP contribution in [-0.4, -0.2) is 17.6 Å². The maximum absolute atomic E-state index is 10.8. The Bertz CT molecular complexity index is 450. The standard InChI is InChI=1S/C14H18ClNO2/c1-2-14(6-3-7-14)9-16-12-5-4-10(13(17)18)8-11(12)15/h4-5,8,16H,2-3,6-7,9H2,1H3,(H,17,18). The first kappa shape index (κ1) is 13.2. The van der Waals surface area contributed by atoms with Crippen molar-refractivity contribution in [1.82, 2.24) is 0 Å². The fraction of sp³-hybridized carbons (Fsp3) is 0.500. The number of nitrogens with one attached hydrogen (secondary N) is 1. The van der Waals surface area contributed by atoms with Gasteiger partial charge in [-0.25, -0.2) is 4.79 Å². The summed E-state index contributed by atoms with van der Waals surface area (Å²) in [5.74, 6) is -0.951. The molecular formula is C14H18ClNO2. The second-order valence-electron chi connectivity index (χ2n) is 5.06. The summed E-state index contributed by atoms with van der Waals surface area (Å²) in [5, 5.41) is 12.7. The molecule has 1 aliphatic rings. The fourth-order valence-electron chi connectivity index (χ4n) is 2.41. The van der Waals surface area contributed by atoms with Crippen LogP contribution in [0.25, 0.3) is 0 Å². The number of rotatable bonds is 5. The zero-order chi connectivity index (χ0) is 13.2. The summed E-state index contributed by atoms with van der Waals surface area (Å²) in [4.78, 5) is 10.8. The highest BCUT2D eigenvalue weighted by atomic mass is 35.5. The number of aromatic carboxylic acids is 1. The van der Waals surface area contributed by atoms with E-state index < -0.39 is 5.97 Å². The number of carbonyl (C=O) groups is 1. The predicted molar refractivity (Wildman–Crippen MR) is 73.5 cm³/mol. The third-order valence-corrected chi connectivity index (χ3v) is 4.35. The predicted octanol–water partition coefficient (Wildman–Crippen LogP) is 4.03. The molecule has 0 aromatic heterocycles. The number of benzene rings is 1. The number of hydrogen-bond donors (Lipinski definition) is 2. The van der Waals surface area contributed by atoms with E-state index in [9.17, 15) is 4.79 Å². The van der Waals surface area contributed by atoms with Crippen molar-refractivity contribution in [1.29, 1.82) is 0 Å². The van der Waals surface area contributed by atoms with Gasteiger partial charge in [-0.1, -0.05) is 24.9 Å². The van der Waals surface area contributed by atoms with Crippen molar-refractivity contribution in [2.45, 2.75) is 32.6 Å². The molecule has 1 aliphatic carbocycles. The van der Waals surface area contributed by atoms with Crippen LogP contribution in [0, 0.1) is 5.41 Å². The Morgan fingerprint density at radius 3 is 2.67 bits per heavy atom. The summed E-state index contributed by atoms with van der Waals surface area (Å²) < 4.78 is 0. The number of carboxylic acid groups (broad SMARTS) is 1. The van der Waals surface area contributed by atoms with Crippen molar-refractivity contribution in [2.75, 3.05) is 11.9 Å². The summed E-state index contributed by atoms with van der Waals surface area (Å²) in [5.41, 5.74) is 1.45. The molecule has 0 saturated heterocycles. The van der Waals surface area contributed by atoms with Gasteiger partial charge in [0.2, 0.25) is 0 Å². The van der Waals surface area contributed by atoms with Crippen LogP contribution in [0.5, 0.6) is 0 Å². The third kappa shape index (κ3) is 2.61. The lowest BCUT2D eigenvalue weighted by Crippen LogP contribution is -2.35. The van der Waals surface area contributed by atoms with Crippen LogP contribution in [0.2, 0.25) is 5.02 Å². The molecule has 3 nitrogen and oxygen atoms in total. The smallest absolute Gasteiger partial charge is 0.335 e. The molecule has 2 rings (SSSR count). The molecule has 2 N–H and O–H groups in total. The zero-order valence-corrected chi connectivity index (χ0v) is 11.3. The van der Waals surface area contributed by atoms with E-state index in [4.69, 9.17) is 16.7 Å². The topological polar surface area (TPSA) is 49.3 Å².